The molecule has 2 rings (SSSR count). The molecule has 0 saturated heterocycles. The Labute approximate surface area is 149 Å². The molecule has 0 unspecified atom stereocenters. The molecule has 0 radical (unpaired) electrons. The summed E-state index contributed by atoms with van der Waals surface area (Å²) in [5, 5.41) is 2.58. The second-order valence-corrected chi connectivity index (χ2v) is 5.98. The molecule has 0 saturated carbocycles. The molecule has 0 aromatic heterocycles. The molecule has 0 spiro atoms. The monoisotopic (exact) mass is 365 g/mol. The van der Waals surface area contributed by atoms with Crippen LogP contribution in [0, 0.1) is 0 Å². The number of alkyl halides is 3. The molecule has 0 aliphatic carbocycles. The van der Waals surface area contributed by atoms with Crippen molar-refractivity contribution in [3.63, 3.8) is 0 Å². The molecule has 0 bridgehead atoms. The van der Waals surface area contributed by atoms with Gasteiger partial charge in [-0.05, 0) is 47.9 Å². The van der Waals surface area contributed by atoms with E-state index in [1.807, 2.05) is 26.0 Å². The maximum absolute atomic E-state index is 12.5. The summed E-state index contributed by atoms with van der Waals surface area (Å²) in [6.07, 6.45) is -4.48. The predicted molar refractivity (Wildman–Crippen MR) is 90.9 cm³/mol. The lowest BCUT2D eigenvalue weighted by atomic mass is 10.0. The number of ether oxygens (including phenoxy) is 1. The van der Waals surface area contributed by atoms with Crippen molar-refractivity contribution in [2.75, 3.05) is 11.9 Å². The molecule has 2 aromatic carbocycles. The Morgan fingerprint density at radius 3 is 2.08 bits per heavy atom. The summed E-state index contributed by atoms with van der Waals surface area (Å²) in [6.45, 7) is 3.56. The minimum Gasteiger partial charge on any atom is -0.452 e. The summed E-state index contributed by atoms with van der Waals surface area (Å²) in [6, 6.07) is 10.8. The van der Waals surface area contributed by atoms with Crippen LogP contribution in [-0.2, 0) is 15.7 Å². The Kier molecular flexibility index (Phi) is 6.02. The average Bonchev–Trinajstić information content (AvgIpc) is 2.59. The van der Waals surface area contributed by atoms with Crippen molar-refractivity contribution in [2.45, 2.75) is 25.9 Å². The van der Waals surface area contributed by atoms with Crippen LogP contribution in [0.3, 0.4) is 0 Å². The van der Waals surface area contributed by atoms with Gasteiger partial charge in [0.25, 0.3) is 5.91 Å². The third kappa shape index (κ3) is 5.34. The molecule has 26 heavy (non-hydrogen) atoms. The lowest BCUT2D eigenvalue weighted by Crippen LogP contribution is -2.21. The highest BCUT2D eigenvalue weighted by Crippen LogP contribution is 2.29. The first-order valence-corrected chi connectivity index (χ1v) is 7.91. The third-order valence-corrected chi connectivity index (χ3v) is 3.64. The maximum atomic E-state index is 12.5. The SMILES string of the molecule is CC(C)c1ccc(NC(=O)COC(=O)c2ccc(C(F)(F)F)cc2)cc1. The van der Waals surface area contributed by atoms with Gasteiger partial charge in [0.2, 0.25) is 0 Å². The van der Waals surface area contributed by atoms with Gasteiger partial charge in [-0.2, -0.15) is 13.2 Å². The van der Waals surface area contributed by atoms with Crippen molar-refractivity contribution in [2.24, 2.45) is 0 Å². The first-order chi connectivity index (χ1) is 12.2. The number of rotatable bonds is 5. The molecular formula is C19H18F3NO3. The van der Waals surface area contributed by atoms with E-state index in [1.165, 1.54) is 0 Å². The van der Waals surface area contributed by atoms with E-state index in [1.54, 1.807) is 12.1 Å². The van der Waals surface area contributed by atoms with E-state index in [0.29, 0.717) is 11.6 Å². The van der Waals surface area contributed by atoms with Gasteiger partial charge in [0, 0.05) is 5.69 Å². The third-order valence-electron chi connectivity index (χ3n) is 3.64. The Balaban J connectivity index is 1.87. The molecule has 0 aliphatic rings. The molecule has 0 aliphatic heterocycles. The van der Waals surface area contributed by atoms with Gasteiger partial charge in [0.15, 0.2) is 6.61 Å². The number of hydrogen-bond acceptors (Lipinski definition) is 3. The fourth-order valence-corrected chi connectivity index (χ4v) is 2.16. The summed E-state index contributed by atoms with van der Waals surface area (Å²) >= 11 is 0. The van der Waals surface area contributed by atoms with Crippen LogP contribution in [0.2, 0.25) is 0 Å². The van der Waals surface area contributed by atoms with Crippen LogP contribution >= 0.6 is 0 Å². The zero-order valence-electron chi connectivity index (χ0n) is 14.3. The molecule has 0 heterocycles. The molecule has 7 heteroatoms. The molecule has 1 amide bonds. The highest BCUT2D eigenvalue weighted by Gasteiger charge is 2.30. The molecule has 4 nitrogen and oxygen atoms in total. The van der Waals surface area contributed by atoms with Crippen molar-refractivity contribution in [1.29, 1.82) is 0 Å². The number of halogens is 3. The van der Waals surface area contributed by atoms with Gasteiger partial charge in [-0.3, -0.25) is 4.79 Å². The fourth-order valence-electron chi connectivity index (χ4n) is 2.16. The summed E-state index contributed by atoms with van der Waals surface area (Å²) in [4.78, 5) is 23.6. The minimum absolute atomic E-state index is 0.0629. The number of nitrogens with one attached hydrogen (secondary N) is 1. The van der Waals surface area contributed by atoms with E-state index < -0.39 is 30.2 Å². The summed E-state index contributed by atoms with van der Waals surface area (Å²) < 4.78 is 42.3. The smallest absolute Gasteiger partial charge is 0.416 e. The van der Waals surface area contributed by atoms with Crippen LogP contribution in [0.5, 0.6) is 0 Å². The van der Waals surface area contributed by atoms with Crippen molar-refractivity contribution < 1.29 is 27.5 Å². The topological polar surface area (TPSA) is 55.4 Å². The molecule has 1 N–H and O–H groups in total. The maximum Gasteiger partial charge on any atom is 0.416 e. The number of hydrogen-bond donors (Lipinski definition) is 1. The highest BCUT2D eigenvalue weighted by molar-refractivity contribution is 5.95. The van der Waals surface area contributed by atoms with Crippen molar-refractivity contribution in [3.8, 4) is 0 Å². The van der Waals surface area contributed by atoms with Crippen LogP contribution in [0.25, 0.3) is 0 Å². The number of esters is 1. The van der Waals surface area contributed by atoms with E-state index in [2.05, 4.69) is 5.32 Å². The van der Waals surface area contributed by atoms with E-state index >= 15 is 0 Å². The Morgan fingerprint density at radius 1 is 1.00 bits per heavy atom. The summed E-state index contributed by atoms with van der Waals surface area (Å²) in [5.41, 5.74) is 0.755. The molecule has 0 atom stereocenters. The predicted octanol–water partition coefficient (Wildman–Crippen LogP) is 4.62. The van der Waals surface area contributed by atoms with E-state index in [9.17, 15) is 22.8 Å². The largest absolute Gasteiger partial charge is 0.452 e. The van der Waals surface area contributed by atoms with Gasteiger partial charge in [-0.1, -0.05) is 26.0 Å². The number of carbonyl (C=O) groups is 2. The van der Waals surface area contributed by atoms with Crippen molar-refractivity contribution in [3.05, 3.63) is 65.2 Å². The zero-order chi connectivity index (χ0) is 19.3. The molecule has 0 fully saturated rings. The van der Waals surface area contributed by atoms with Crippen LogP contribution in [0.15, 0.2) is 48.5 Å². The van der Waals surface area contributed by atoms with Crippen LogP contribution < -0.4 is 5.32 Å². The number of amides is 1. The number of carbonyl (C=O) groups excluding carboxylic acids is 2. The molecule has 2 aromatic rings. The van der Waals surface area contributed by atoms with Gasteiger partial charge < -0.3 is 10.1 Å². The summed E-state index contributed by atoms with van der Waals surface area (Å²) in [5.74, 6) is -1.05. The molecular weight excluding hydrogens is 347 g/mol. The number of benzene rings is 2. The van der Waals surface area contributed by atoms with E-state index in [0.717, 1.165) is 29.8 Å². The van der Waals surface area contributed by atoms with Crippen LogP contribution in [-0.4, -0.2) is 18.5 Å². The zero-order valence-corrected chi connectivity index (χ0v) is 14.3. The quantitative estimate of drug-likeness (QED) is 0.787. The second-order valence-electron chi connectivity index (χ2n) is 5.98. The molecule has 138 valence electrons. The van der Waals surface area contributed by atoms with Gasteiger partial charge >= 0.3 is 12.1 Å². The van der Waals surface area contributed by atoms with Gasteiger partial charge in [-0.25, -0.2) is 4.79 Å². The minimum atomic E-state index is -4.48. The van der Waals surface area contributed by atoms with Gasteiger partial charge in [0.1, 0.15) is 0 Å². The first kappa shape index (κ1) is 19.5. The fraction of sp³-hybridized carbons (Fsp3) is 0.263. The Hall–Kier alpha value is -2.83. The highest BCUT2D eigenvalue weighted by atomic mass is 19.4. The van der Waals surface area contributed by atoms with Crippen LogP contribution in [0.4, 0.5) is 18.9 Å². The lowest BCUT2D eigenvalue weighted by Gasteiger charge is -2.09. The Bertz CT molecular complexity index is 766. The standard InChI is InChI=1S/C19H18F3NO3/c1-12(2)13-5-9-16(10-6-13)23-17(24)11-26-18(25)14-3-7-15(8-4-14)19(20,21)22/h3-10,12H,11H2,1-2H3,(H,23,24). The van der Waals surface area contributed by atoms with Gasteiger partial charge in [0.05, 0.1) is 11.1 Å². The number of anilines is 1. The first-order valence-electron chi connectivity index (χ1n) is 7.91. The van der Waals surface area contributed by atoms with E-state index in [-0.39, 0.29) is 5.56 Å². The lowest BCUT2D eigenvalue weighted by molar-refractivity contribution is -0.137. The normalized spacial score (nSPS) is 11.3. The second kappa shape index (κ2) is 8.03. The average molecular weight is 365 g/mol. The van der Waals surface area contributed by atoms with Gasteiger partial charge in [-0.15, -0.1) is 0 Å². The van der Waals surface area contributed by atoms with Crippen molar-refractivity contribution in [1.82, 2.24) is 0 Å². The van der Waals surface area contributed by atoms with E-state index in [4.69, 9.17) is 4.74 Å². The Morgan fingerprint density at radius 2 is 1.58 bits per heavy atom. The summed E-state index contributed by atoms with van der Waals surface area (Å²) in [7, 11) is 0. The van der Waals surface area contributed by atoms with Crippen LogP contribution in [0.1, 0.15) is 41.3 Å². The van der Waals surface area contributed by atoms with Crippen molar-refractivity contribution >= 4 is 17.6 Å².